The summed E-state index contributed by atoms with van der Waals surface area (Å²) in [5, 5.41) is 18.3. The van der Waals surface area contributed by atoms with Crippen molar-refractivity contribution in [1.29, 1.82) is 0 Å². The molecule has 2 aliphatic heterocycles. The lowest BCUT2D eigenvalue weighted by Crippen LogP contribution is -2.23. The lowest BCUT2D eigenvalue weighted by atomic mass is 9.88. The molecular weight excluding hydrogens is 721 g/mol. The van der Waals surface area contributed by atoms with Gasteiger partial charge in [-0.05, 0) is 103 Å². The third kappa shape index (κ3) is 6.49. The molecule has 2 aromatic carbocycles. The van der Waals surface area contributed by atoms with Gasteiger partial charge in [0, 0.05) is 33.6 Å². The van der Waals surface area contributed by atoms with Crippen molar-refractivity contribution < 1.29 is 19.4 Å². The highest BCUT2D eigenvalue weighted by molar-refractivity contribution is 7.19. The maximum absolute atomic E-state index is 12.2. The highest BCUT2D eigenvalue weighted by atomic mass is 32.1. The van der Waals surface area contributed by atoms with E-state index in [-0.39, 0.29) is 17.8 Å². The van der Waals surface area contributed by atoms with Crippen LogP contribution in [0.3, 0.4) is 0 Å². The van der Waals surface area contributed by atoms with Gasteiger partial charge in [-0.3, -0.25) is 19.6 Å². The number of ether oxygens (including phenoxy) is 1. The smallest absolute Gasteiger partial charge is 0.309 e. The predicted molar refractivity (Wildman–Crippen MR) is 212 cm³/mol. The number of nitrogens with one attached hydrogen (secondary N) is 2. The summed E-state index contributed by atoms with van der Waals surface area (Å²) in [7, 11) is 0. The van der Waals surface area contributed by atoms with Gasteiger partial charge in [0.1, 0.15) is 34.0 Å². The minimum absolute atomic E-state index is 0.0547. The molecular formula is C40H36N8O4S2. The number of aliphatic imine (C=N–C) groups is 2. The number of carbonyl (C=O) groups excluding carboxylic acids is 1. The molecule has 12 nitrogen and oxygen atoms in total. The molecule has 4 aliphatic rings. The van der Waals surface area contributed by atoms with E-state index in [4.69, 9.17) is 4.74 Å². The number of benzene rings is 2. The zero-order chi connectivity index (χ0) is 36.8. The molecule has 6 aromatic rings. The Kier molecular flexibility index (Phi) is 9.07. The van der Waals surface area contributed by atoms with Crippen molar-refractivity contribution in [3.05, 3.63) is 92.2 Å². The molecule has 0 spiro atoms. The number of anilines is 4. The number of carbonyl (C=O) groups is 2. The molecule has 0 unspecified atom stereocenters. The number of carboxylic acid groups (broad SMARTS) is 1. The molecule has 54 heavy (non-hydrogen) atoms. The van der Waals surface area contributed by atoms with E-state index in [9.17, 15) is 14.7 Å². The van der Waals surface area contributed by atoms with Crippen LogP contribution in [0, 0.1) is 11.8 Å². The van der Waals surface area contributed by atoms with E-state index >= 15 is 0 Å². The molecule has 2 aliphatic carbocycles. The van der Waals surface area contributed by atoms with Crippen molar-refractivity contribution in [2.75, 3.05) is 17.2 Å². The second-order valence-electron chi connectivity index (χ2n) is 13.8. The molecule has 6 heterocycles. The summed E-state index contributed by atoms with van der Waals surface area (Å²) in [6, 6.07) is 12.5. The largest absolute Gasteiger partial charge is 0.481 e. The lowest BCUT2D eigenvalue weighted by Gasteiger charge is -2.20. The molecule has 0 fully saturated rings. The van der Waals surface area contributed by atoms with Crippen molar-refractivity contribution in [2.45, 2.75) is 58.5 Å². The molecule has 2 atom stereocenters. The van der Waals surface area contributed by atoms with Crippen molar-refractivity contribution in [3.8, 4) is 0 Å². The molecule has 4 aromatic heterocycles. The first kappa shape index (κ1) is 34.2. The Balaban J connectivity index is 0.000000143. The number of aliphatic carboxylic acids is 1. The molecule has 0 bridgehead atoms. The van der Waals surface area contributed by atoms with E-state index in [2.05, 4.69) is 70.9 Å². The van der Waals surface area contributed by atoms with Crippen molar-refractivity contribution >= 4 is 90.5 Å². The van der Waals surface area contributed by atoms with Crippen LogP contribution in [0.15, 0.2) is 59.0 Å². The average Bonchev–Trinajstić information content (AvgIpc) is 3.99. The van der Waals surface area contributed by atoms with Crippen LogP contribution in [-0.2, 0) is 53.1 Å². The number of nitrogens with zero attached hydrogens (tertiary/aromatic N) is 6. The second-order valence-corrected chi connectivity index (χ2v) is 16.0. The van der Waals surface area contributed by atoms with E-state index in [1.165, 1.54) is 27.1 Å². The fourth-order valence-electron chi connectivity index (χ4n) is 7.71. The maximum atomic E-state index is 12.2. The molecule has 0 amide bonds. The Morgan fingerprint density at radius 1 is 0.759 bits per heavy atom. The second kappa shape index (κ2) is 14.3. The highest BCUT2D eigenvalue weighted by Crippen LogP contribution is 2.42. The Labute approximate surface area is 318 Å². The highest BCUT2D eigenvalue weighted by Gasteiger charge is 2.31. The Morgan fingerprint density at radius 3 is 1.80 bits per heavy atom. The summed E-state index contributed by atoms with van der Waals surface area (Å²) in [5.41, 5.74) is 9.20. The standard InChI is InChI=1S/C21H20N4O2S.C19H16N4O2S/c1-2-27-21(26)12-4-6-16-17(8-12)28-20-18(16)19(23-11-24-20)25-15-5-3-13-9-22-10-14(13)7-15;24-19(25)10-2-4-14-15(6-10)26-18-16(14)17(21-9-22-18)23-13-3-1-11-7-20-8-12(11)5-13/h3,5,7,10-12H,2,4,6,8-9H2,1H3,(H,23,24,25);1,3,5,8-10H,2,4,6-7H2,(H,24,25)(H,21,22,23)/t12-;10-/m11/s1. The van der Waals surface area contributed by atoms with Gasteiger partial charge in [0.2, 0.25) is 0 Å². The van der Waals surface area contributed by atoms with Gasteiger partial charge in [-0.15, -0.1) is 22.7 Å². The van der Waals surface area contributed by atoms with Gasteiger partial charge in [-0.2, -0.15) is 0 Å². The van der Waals surface area contributed by atoms with Crippen LogP contribution in [0.1, 0.15) is 62.9 Å². The quantitative estimate of drug-likeness (QED) is 0.138. The average molecular weight is 757 g/mol. The zero-order valence-electron chi connectivity index (χ0n) is 29.5. The first-order valence-corrected chi connectivity index (χ1v) is 19.7. The zero-order valence-corrected chi connectivity index (χ0v) is 31.1. The van der Waals surface area contributed by atoms with Gasteiger partial charge in [0.15, 0.2) is 0 Å². The molecule has 0 saturated carbocycles. The van der Waals surface area contributed by atoms with Gasteiger partial charge in [-0.25, -0.2) is 19.9 Å². The molecule has 272 valence electrons. The summed E-state index contributed by atoms with van der Waals surface area (Å²) in [5.74, 6) is 0.465. The first-order chi connectivity index (χ1) is 26.4. The number of hydrogen-bond donors (Lipinski definition) is 3. The normalized spacial score (nSPS) is 17.6. The summed E-state index contributed by atoms with van der Waals surface area (Å²) in [6.07, 6.45) is 11.4. The van der Waals surface area contributed by atoms with Crippen molar-refractivity contribution in [1.82, 2.24) is 19.9 Å². The minimum Gasteiger partial charge on any atom is -0.481 e. The van der Waals surface area contributed by atoms with Crippen LogP contribution in [0.5, 0.6) is 0 Å². The number of thiophene rings is 2. The minimum atomic E-state index is -0.711. The van der Waals surface area contributed by atoms with Gasteiger partial charge in [0.05, 0.1) is 42.3 Å². The molecule has 10 rings (SSSR count). The summed E-state index contributed by atoms with van der Waals surface area (Å²) in [4.78, 5) is 54.2. The van der Waals surface area contributed by atoms with E-state index in [1.807, 2.05) is 25.4 Å². The van der Waals surface area contributed by atoms with Gasteiger partial charge in [-0.1, -0.05) is 12.1 Å². The lowest BCUT2D eigenvalue weighted by molar-refractivity contribution is -0.148. The van der Waals surface area contributed by atoms with Gasteiger partial charge in [0.25, 0.3) is 0 Å². The van der Waals surface area contributed by atoms with E-state index < -0.39 is 5.97 Å². The number of aryl methyl sites for hydroxylation is 2. The van der Waals surface area contributed by atoms with Crippen LogP contribution < -0.4 is 10.6 Å². The van der Waals surface area contributed by atoms with Crippen molar-refractivity contribution in [3.63, 3.8) is 0 Å². The van der Waals surface area contributed by atoms with E-state index in [0.29, 0.717) is 19.4 Å². The number of esters is 1. The Morgan fingerprint density at radius 2 is 1.28 bits per heavy atom. The summed E-state index contributed by atoms with van der Waals surface area (Å²) < 4.78 is 5.22. The van der Waals surface area contributed by atoms with Crippen LogP contribution in [0.2, 0.25) is 0 Å². The first-order valence-electron chi connectivity index (χ1n) is 18.1. The maximum Gasteiger partial charge on any atom is 0.309 e. The van der Waals surface area contributed by atoms with Gasteiger partial charge < -0.3 is 20.5 Å². The molecule has 0 saturated heterocycles. The topological polar surface area (TPSA) is 164 Å². The van der Waals surface area contributed by atoms with Gasteiger partial charge >= 0.3 is 11.9 Å². The third-order valence-electron chi connectivity index (χ3n) is 10.5. The Hall–Kier alpha value is -5.60. The third-order valence-corrected chi connectivity index (χ3v) is 12.8. The predicted octanol–water partition coefficient (Wildman–Crippen LogP) is 7.59. The Bertz CT molecular complexity index is 2530. The number of aromatic nitrogens is 4. The number of fused-ring (bicyclic) bond motifs is 8. The number of hydrogen-bond acceptors (Lipinski definition) is 13. The van der Waals surface area contributed by atoms with Crippen LogP contribution >= 0.6 is 22.7 Å². The van der Waals surface area contributed by atoms with Crippen LogP contribution in [-0.4, -0.2) is 56.0 Å². The molecule has 3 N–H and O–H groups in total. The molecule has 0 radical (unpaired) electrons. The van der Waals surface area contributed by atoms with E-state index in [1.54, 1.807) is 35.3 Å². The number of rotatable bonds is 7. The van der Waals surface area contributed by atoms with Crippen LogP contribution in [0.4, 0.5) is 23.0 Å². The van der Waals surface area contributed by atoms with E-state index in [0.717, 1.165) is 98.2 Å². The number of carboxylic acids is 1. The van der Waals surface area contributed by atoms with Crippen molar-refractivity contribution in [2.24, 2.45) is 21.8 Å². The fraction of sp³-hybridized carbons (Fsp3) is 0.300. The SMILES string of the molecule is CCOC(=O)[C@@H]1CCc2c(sc3ncnc(Nc4ccc5c(c4)C=NC5)c23)C1.O=C(O)[C@@H]1CCc2c(sc3ncnc(Nc4ccc5c(c4)C=NC5)c23)C1. The summed E-state index contributed by atoms with van der Waals surface area (Å²) >= 11 is 3.25. The summed E-state index contributed by atoms with van der Waals surface area (Å²) in [6.45, 7) is 3.78. The fourth-order valence-corrected chi connectivity index (χ4v) is 10.2. The molecule has 14 heteroatoms. The monoisotopic (exact) mass is 756 g/mol. The van der Waals surface area contributed by atoms with Crippen LogP contribution in [0.25, 0.3) is 20.4 Å².